The third-order valence-electron chi connectivity index (χ3n) is 2.40. The minimum atomic E-state index is 0.0814. The van der Waals surface area contributed by atoms with E-state index in [0.29, 0.717) is 6.42 Å². The Balaban J connectivity index is 2.80. The molecule has 2 nitrogen and oxygen atoms in total. The predicted molar refractivity (Wildman–Crippen MR) is 61.1 cm³/mol. The lowest BCUT2D eigenvalue weighted by Gasteiger charge is -2.06. The molecule has 1 rings (SSSR count). The summed E-state index contributed by atoms with van der Waals surface area (Å²) in [5.41, 5.74) is 1.95. The number of aryl methyl sites for hydroxylation is 1. The zero-order valence-electron chi connectivity index (χ0n) is 9.42. The van der Waals surface area contributed by atoms with E-state index in [0.717, 1.165) is 24.8 Å². The van der Waals surface area contributed by atoms with Crippen molar-refractivity contribution in [2.24, 2.45) is 0 Å². The van der Waals surface area contributed by atoms with Crippen molar-refractivity contribution >= 4 is 5.78 Å². The number of benzene rings is 1. The van der Waals surface area contributed by atoms with E-state index in [1.165, 1.54) is 12.5 Å². The Hall–Kier alpha value is -1.31. The highest BCUT2D eigenvalue weighted by molar-refractivity contribution is 5.78. The predicted octanol–water partition coefficient (Wildman–Crippen LogP) is 2.87. The second kappa shape index (κ2) is 5.54. The number of hydrogen-bond donors (Lipinski definition) is 1. The van der Waals surface area contributed by atoms with E-state index >= 15 is 0 Å². The molecule has 0 aromatic heterocycles. The first-order valence-electron chi connectivity index (χ1n) is 5.43. The smallest absolute Gasteiger partial charge is 0.134 e. The van der Waals surface area contributed by atoms with Crippen LogP contribution in [-0.4, -0.2) is 10.9 Å². The van der Waals surface area contributed by atoms with Crippen LogP contribution < -0.4 is 0 Å². The lowest BCUT2D eigenvalue weighted by molar-refractivity contribution is -0.116. The van der Waals surface area contributed by atoms with Gasteiger partial charge < -0.3 is 5.11 Å². The Morgan fingerprint density at radius 1 is 1.40 bits per heavy atom. The zero-order valence-corrected chi connectivity index (χ0v) is 9.42. The number of carbonyl (C=O) groups excluding carboxylic acids is 1. The fourth-order valence-electron chi connectivity index (χ4n) is 1.59. The lowest BCUT2D eigenvalue weighted by Crippen LogP contribution is -1.98. The number of phenols is 1. The minimum Gasteiger partial charge on any atom is -0.508 e. The summed E-state index contributed by atoms with van der Waals surface area (Å²) in [6.45, 7) is 3.69. The van der Waals surface area contributed by atoms with Crippen molar-refractivity contribution in [1.29, 1.82) is 0 Å². The molecule has 0 heterocycles. The van der Waals surface area contributed by atoms with Gasteiger partial charge >= 0.3 is 0 Å². The molecule has 1 N–H and O–H groups in total. The quantitative estimate of drug-likeness (QED) is 0.804. The van der Waals surface area contributed by atoms with E-state index < -0.39 is 0 Å². The molecule has 0 radical (unpaired) electrons. The highest BCUT2D eigenvalue weighted by Gasteiger charge is 2.05. The van der Waals surface area contributed by atoms with Gasteiger partial charge in [-0.3, -0.25) is 4.79 Å². The largest absolute Gasteiger partial charge is 0.508 e. The van der Waals surface area contributed by atoms with Crippen LogP contribution in [-0.2, 0) is 17.6 Å². The first-order chi connectivity index (χ1) is 7.13. The summed E-state index contributed by atoms with van der Waals surface area (Å²) in [6.07, 6.45) is 3.64. The average molecular weight is 206 g/mol. The van der Waals surface area contributed by atoms with E-state index in [2.05, 4.69) is 6.92 Å². The number of Topliss-reactive ketones (excluding diaryl/α,β-unsaturated/α-hetero) is 1. The number of unbranched alkanes of at least 4 members (excludes halogenated alkanes) is 1. The fourth-order valence-corrected chi connectivity index (χ4v) is 1.59. The van der Waals surface area contributed by atoms with E-state index in [1.807, 2.05) is 12.1 Å². The van der Waals surface area contributed by atoms with Gasteiger partial charge in [0, 0.05) is 12.0 Å². The van der Waals surface area contributed by atoms with E-state index in [4.69, 9.17) is 0 Å². The average Bonchev–Trinajstić information content (AvgIpc) is 2.18. The first kappa shape index (κ1) is 11.8. The van der Waals surface area contributed by atoms with Gasteiger partial charge in [0.05, 0.1) is 0 Å². The number of phenolic OH excluding ortho intramolecular Hbond substituents is 1. The Morgan fingerprint density at radius 3 is 2.73 bits per heavy atom. The van der Waals surface area contributed by atoms with Crippen LogP contribution in [0.5, 0.6) is 5.75 Å². The molecule has 0 aliphatic heterocycles. The van der Waals surface area contributed by atoms with Crippen LogP contribution in [0.25, 0.3) is 0 Å². The van der Waals surface area contributed by atoms with Crippen molar-refractivity contribution in [3.63, 3.8) is 0 Å². The Kier molecular flexibility index (Phi) is 4.35. The van der Waals surface area contributed by atoms with Crippen molar-refractivity contribution in [3.8, 4) is 5.75 Å². The summed E-state index contributed by atoms with van der Waals surface area (Å²) < 4.78 is 0. The maximum atomic E-state index is 11.0. The van der Waals surface area contributed by atoms with Crippen molar-refractivity contribution in [3.05, 3.63) is 29.3 Å². The Bertz CT molecular complexity index is 342. The van der Waals surface area contributed by atoms with Gasteiger partial charge in [0.1, 0.15) is 11.5 Å². The SMILES string of the molecule is CCCCc1ccc(O)c(CC(C)=O)c1. The van der Waals surface area contributed by atoms with Crippen molar-refractivity contribution in [1.82, 2.24) is 0 Å². The van der Waals surface area contributed by atoms with Crippen LogP contribution in [0.1, 0.15) is 37.8 Å². The molecule has 0 saturated carbocycles. The molecule has 2 heteroatoms. The third kappa shape index (κ3) is 3.74. The topological polar surface area (TPSA) is 37.3 Å². The molecule has 1 aromatic carbocycles. The number of ketones is 1. The minimum absolute atomic E-state index is 0.0814. The van der Waals surface area contributed by atoms with Crippen LogP contribution >= 0.6 is 0 Å². The molecule has 0 amide bonds. The molecule has 0 bridgehead atoms. The summed E-state index contributed by atoms with van der Waals surface area (Å²) in [7, 11) is 0. The molecule has 15 heavy (non-hydrogen) atoms. The number of hydrogen-bond acceptors (Lipinski definition) is 2. The van der Waals surface area contributed by atoms with Crippen LogP contribution in [0.15, 0.2) is 18.2 Å². The molecular weight excluding hydrogens is 188 g/mol. The van der Waals surface area contributed by atoms with Gasteiger partial charge in [-0.15, -0.1) is 0 Å². The lowest BCUT2D eigenvalue weighted by atomic mass is 10.0. The van der Waals surface area contributed by atoms with Gasteiger partial charge in [-0.05, 0) is 31.4 Å². The second-order valence-corrected chi connectivity index (χ2v) is 3.95. The highest BCUT2D eigenvalue weighted by atomic mass is 16.3. The number of rotatable bonds is 5. The second-order valence-electron chi connectivity index (χ2n) is 3.95. The molecule has 1 aromatic rings. The summed E-state index contributed by atoms with van der Waals surface area (Å²) in [5.74, 6) is 0.309. The standard InChI is InChI=1S/C13H18O2/c1-3-4-5-11-6-7-13(15)12(9-11)8-10(2)14/h6-7,9,15H,3-5,8H2,1-2H3. The van der Waals surface area contributed by atoms with Crippen LogP contribution in [0.2, 0.25) is 0 Å². The normalized spacial score (nSPS) is 10.3. The van der Waals surface area contributed by atoms with Crippen molar-refractivity contribution in [2.45, 2.75) is 39.5 Å². The van der Waals surface area contributed by atoms with Gasteiger partial charge in [-0.1, -0.05) is 25.5 Å². The molecule has 0 atom stereocenters. The number of carbonyl (C=O) groups is 1. The maximum Gasteiger partial charge on any atom is 0.134 e. The van der Waals surface area contributed by atoms with Crippen molar-refractivity contribution in [2.75, 3.05) is 0 Å². The summed E-state index contributed by atoms with van der Waals surface area (Å²) in [6, 6.07) is 5.55. The van der Waals surface area contributed by atoms with Gasteiger partial charge in [0.15, 0.2) is 0 Å². The zero-order chi connectivity index (χ0) is 11.3. The van der Waals surface area contributed by atoms with E-state index in [-0.39, 0.29) is 11.5 Å². The summed E-state index contributed by atoms with van der Waals surface area (Å²) >= 11 is 0. The molecule has 82 valence electrons. The molecule has 0 unspecified atom stereocenters. The Labute approximate surface area is 90.9 Å². The Morgan fingerprint density at radius 2 is 2.13 bits per heavy atom. The number of aromatic hydroxyl groups is 1. The molecule has 0 saturated heterocycles. The van der Waals surface area contributed by atoms with Crippen LogP contribution in [0.4, 0.5) is 0 Å². The summed E-state index contributed by atoms with van der Waals surface area (Å²) in [5, 5.41) is 9.56. The van der Waals surface area contributed by atoms with Gasteiger partial charge in [-0.2, -0.15) is 0 Å². The van der Waals surface area contributed by atoms with Gasteiger partial charge in [0.25, 0.3) is 0 Å². The van der Waals surface area contributed by atoms with E-state index in [9.17, 15) is 9.90 Å². The molecular formula is C13H18O2. The molecule has 0 aliphatic rings. The highest BCUT2D eigenvalue weighted by Crippen LogP contribution is 2.20. The van der Waals surface area contributed by atoms with E-state index in [1.54, 1.807) is 6.07 Å². The molecule has 0 spiro atoms. The van der Waals surface area contributed by atoms with Crippen LogP contribution in [0.3, 0.4) is 0 Å². The third-order valence-corrected chi connectivity index (χ3v) is 2.40. The van der Waals surface area contributed by atoms with Gasteiger partial charge in [0.2, 0.25) is 0 Å². The van der Waals surface area contributed by atoms with Crippen molar-refractivity contribution < 1.29 is 9.90 Å². The monoisotopic (exact) mass is 206 g/mol. The van der Waals surface area contributed by atoms with Crippen LogP contribution in [0, 0.1) is 0 Å². The molecule has 0 fully saturated rings. The first-order valence-corrected chi connectivity index (χ1v) is 5.43. The maximum absolute atomic E-state index is 11.0. The fraction of sp³-hybridized carbons (Fsp3) is 0.462. The molecule has 0 aliphatic carbocycles. The van der Waals surface area contributed by atoms with Gasteiger partial charge in [-0.25, -0.2) is 0 Å². The summed E-state index contributed by atoms with van der Waals surface area (Å²) in [4.78, 5) is 11.0.